The second kappa shape index (κ2) is 8.54. The van der Waals surface area contributed by atoms with E-state index in [1.807, 2.05) is 35.9 Å². The van der Waals surface area contributed by atoms with Crippen molar-refractivity contribution in [2.45, 2.75) is 24.3 Å². The van der Waals surface area contributed by atoms with Crippen molar-refractivity contribution in [3.8, 4) is 11.1 Å². The predicted molar refractivity (Wildman–Crippen MR) is 124 cm³/mol. The molecule has 0 saturated heterocycles. The van der Waals surface area contributed by atoms with E-state index in [0.29, 0.717) is 44.4 Å². The van der Waals surface area contributed by atoms with Gasteiger partial charge >= 0.3 is 0 Å². The van der Waals surface area contributed by atoms with E-state index in [4.69, 9.17) is 16.0 Å². The lowest BCUT2D eigenvalue weighted by molar-refractivity contribution is 0.419. The number of benzene rings is 1. The summed E-state index contributed by atoms with van der Waals surface area (Å²) in [4.78, 5) is 25.3. The number of thioether (sulfide) groups is 1. The summed E-state index contributed by atoms with van der Waals surface area (Å²) in [5.74, 6) is 1.46. The van der Waals surface area contributed by atoms with E-state index in [1.165, 1.54) is 23.1 Å². The van der Waals surface area contributed by atoms with Crippen LogP contribution in [-0.2, 0) is 12.2 Å². The van der Waals surface area contributed by atoms with Crippen LogP contribution in [0.4, 0.5) is 0 Å². The van der Waals surface area contributed by atoms with Gasteiger partial charge < -0.3 is 9.40 Å². The Morgan fingerprint density at radius 1 is 1.13 bits per heavy atom. The average Bonchev–Trinajstić information content (AvgIpc) is 3.47. The number of thiazole rings is 1. The lowest BCUT2D eigenvalue weighted by Gasteiger charge is -2.03. The lowest BCUT2D eigenvalue weighted by atomic mass is 10.1. The highest BCUT2D eigenvalue weighted by molar-refractivity contribution is 7.98. The smallest absolute Gasteiger partial charge is 0.277 e. The Morgan fingerprint density at radius 3 is 2.81 bits per heavy atom. The minimum Gasteiger partial charge on any atom is -0.416 e. The number of H-pyrrole nitrogens is 1. The van der Waals surface area contributed by atoms with Crippen molar-refractivity contribution >= 4 is 56.3 Å². The third-order valence-electron chi connectivity index (χ3n) is 4.44. The van der Waals surface area contributed by atoms with Gasteiger partial charge in [-0.25, -0.2) is 9.97 Å². The zero-order valence-electron chi connectivity index (χ0n) is 16.1. The van der Waals surface area contributed by atoms with Crippen molar-refractivity contribution in [2.24, 2.45) is 0 Å². The van der Waals surface area contributed by atoms with E-state index in [0.717, 1.165) is 21.8 Å². The van der Waals surface area contributed by atoms with Gasteiger partial charge in [0.2, 0.25) is 5.89 Å². The van der Waals surface area contributed by atoms with E-state index >= 15 is 0 Å². The molecule has 0 spiro atoms. The Bertz CT molecular complexity index is 1440. The highest BCUT2D eigenvalue weighted by atomic mass is 35.5. The van der Waals surface area contributed by atoms with E-state index in [2.05, 4.69) is 25.1 Å². The number of rotatable bonds is 6. The van der Waals surface area contributed by atoms with E-state index < -0.39 is 0 Å². The molecule has 0 saturated carbocycles. The summed E-state index contributed by atoms with van der Waals surface area (Å²) >= 11 is 10.6. The van der Waals surface area contributed by atoms with Gasteiger partial charge in [0.05, 0.1) is 28.3 Å². The second-order valence-corrected chi connectivity index (χ2v) is 9.86. The average molecular weight is 488 g/mol. The molecule has 4 aromatic heterocycles. The molecule has 0 amide bonds. The van der Waals surface area contributed by atoms with Crippen molar-refractivity contribution in [3.63, 3.8) is 0 Å². The molecule has 5 aromatic rings. The summed E-state index contributed by atoms with van der Waals surface area (Å²) in [6.45, 7) is 1.96. The molecule has 1 aromatic carbocycles. The lowest BCUT2D eigenvalue weighted by Crippen LogP contribution is -2.10. The quantitative estimate of drug-likeness (QED) is 0.323. The minimum absolute atomic E-state index is 0.193. The SMILES string of the molecule is Cc1nc(Cc2nnc(SCc3nc4scc(-c5ccccc5Cl)c4c(=O)[nH]3)o2)cs1. The maximum absolute atomic E-state index is 12.8. The van der Waals surface area contributed by atoms with Gasteiger partial charge in [0.25, 0.3) is 10.8 Å². The molecule has 0 unspecified atom stereocenters. The van der Waals surface area contributed by atoms with Crippen LogP contribution in [0.3, 0.4) is 0 Å². The number of nitrogens with zero attached hydrogens (tertiary/aromatic N) is 4. The van der Waals surface area contributed by atoms with Crippen molar-refractivity contribution in [2.75, 3.05) is 0 Å². The molecular weight excluding hydrogens is 474 g/mol. The number of hydrogen-bond acceptors (Lipinski definition) is 9. The minimum atomic E-state index is -0.193. The highest BCUT2D eigenvalue weighted by Gasteiger charge is 2.16. The molecule has 7 nitrogen and oxygen atoms in total. The van der Waals surface area contributed by atoms with Crippen LogP contribution in [0, 0.1) is 6.92 Å². The van der Waals surface area contributed by atoms with E-state index in [1.54, 1.807) is 17.4 Å². The summed E-state index contributed by atoms with van der Waals surface area (Å²) in [6, 6.07) is 7.46. The summed E-state index contributed by atoms with van der Waals surface area (Å²) in [5.41, 5.74) is 2.32. The Balaban J connectivity index is 1.34. The van der Waals surface area contributed by atoms with Crippen molar-refractivity contribution in [1.82, 2.24) is 25.1 Å². The third kappa shape index (κ3) is 4.29. The van der Waals surface area contributed by atoms with Crippen LogP contribution in [-0.4, -0.2) is 25.1 Å². The zero-order valence-corrected chi connectivity index (χ0v) is 19.3. The molecule has 31 heavy (non-hydrogen) atoms. The molecule has 0 atom stereocenters. The fourth-order valence-electron chi connectivity index (χ4n) is 3.08. The van der Waals surface area contributed by atoms with Gasteiger partial charge in [-0.15, -0.1) is 32.9 Å². The second-order valence-electron chi connectivity index (χ2n) is 6.61. The first-order valence-corrected chi connectivity index (χ1v) is 12.3. The Kier molecular flexibility index (Phi) is 5.61. The molecule has 5 rings (SSSR count). The van der Waals surface area contributed by atoms with Crippen LogP contribution in [0.2, 0.25) is 5.02 Å². The first-order valence-electron chi connectivity index (χ1n) is 9.18. The van der Waals surface area contributed by atoms with Crippen LogP contribution >= 0.6 is 46.0 Å². The van der Waals surface area contributed by atoms with Crippen molar-refractivity contribution in [3.05, 3.63) is 72.8 Å². The zero-order chi connectivity index (χ0) is 21.4. The predicted octanol–water partition coefficient (Wildman–Crippen LogP) is 5.34. The van der Waals surface area contributed by atoms with Crippen LogP contribution in [0.5, 0.6) is 0 Å². The van der Waals surface area contributed by atoms with Gasteiger partial charge in [0.15, 0.2) is 0 Å². The number of aromatic amines is 1. The molecule has 0 aliphatic carbocycles. The standard InChI is InChI=1S/C20H14ClN5O2S3/c1-10-22-11(7-29-10)6-16-25-26-20(28-16)31-9-15-23-18(27)17-13(8-30-19(17)24-15)12-4-2-3-5-14(12)21/h2-5,7-8H,6,9H2,1H3,(H,23,24,27). The van der Waals surface area contributed by atoms with E-state index in [9.17, 15) is 4.79 Å². The summed E-state index contributed by atoms with van der Waals surface area (Å²) in [5, 5.41) is 14.6. The first-order chi connectivity index (χ1) is 15.1. The Hall–Kier alpha value is -2.53. The topological polar surface area (TPSA) is 97.6 Å². The molecule has 0 fully saturated rings. The fraction of sp³-hybridized carbons (Fsp3) is 0.150. The fourth-order valence-corrected chi connectivity index (χ4v) is 5.54. The van der Waals surface area contributed by atoms with Gasteiger partial charge in [-0.3, -0.25) is 4.79 Å². The van der Waals surface area contributed by atoms with Crippen LogP contribution in [0.15, 0.2) is 49.5 Å². The van der Waals surface area contributed by atoms with E-state index in [-0.39, 0.29) is 5.56 Å². The Labute approximate surface area is 193 Å². The maximum Gasteiger partial charge on any atom is 0.277 e. The summed E-state index contributed by atoms with van der Waals surface area (Å²) in [7, 11) is 0. The molecule has 4 heterocycles. The van der Waals surface area contributed by atoms with Crippen LogP contribution in [0.25, 0.3) is 21.3 Å². The number of nitrogens with one attached hydrogen (secondary N) is 1. The van der Waals surface area contributed by atoms with Gasteiger partial charge in [0, 0.05) is 26.9 Å². The number of fused-ring (bicyclic) bond motifs is 1. The molecule has 0 radical (unpaired) electrons. The Morgan fingerprint density at radius 2 is 2.00 bits per heavy atom. The third-order valence-corrected chi connectivity index (χ3v) is 7.29. The van der Waals surface area contributed by atoms with Gasteiger partial charge in [0.1, 0.15) is 10.7 Å². The number of thiophene rings is 1. The number of hydrogen-bond donors (Lipinski definition) is 1. The largest absolute Gasteiger partial charge is 0.416 e. The molecule has 0 aliphatic heterocycles. The highest BCUT2D eigenvalue weighted by Crippen LogP contribution is 2.35. The number of aromatic nitrogens is 5. The van der Waals surface area contributed by atoms with Gasteiger partial charge in [-0.2, -0.15) is 0 Å². The van der Waals surface area contributed by atoms with Crippen molar-refractivity contribution < 1.29 is 4.42 Å². The first kappa shape index (κ1) is 20.4. The molecular formula is C20H14ClN5O2S3. The molecule has 156 valence electrons. The van der Waals surface area contributed by atoms with Crippen LogP contribution < -0.4 is 5.56 Å². The molecule has 0 aliphatic rings. The summed E-state index contributed by atoms with van der Waals surface area (Å²) in [6.07, 6.45) is 0.499. The molecule has 1 N–H and O–H groups in total. The monoisotopic (exact) mass is 487 g/mol. The number of aryl methyl sites for hydroxylation is 1. The van der Waals surface area contributed by atoms with Gasteiger partial charge in [-0.05, 0) is 13.0 Å². The molecule has 11 heteroatoms. The summed E-state index contributed by atoms with van der Waals surface area (Å²) < 4.78 is 5.68. The normalized spacial score (nSPS) is 11.4. The van der Waals surface area contributed by atoms with Crippen LogP contribution in [0.1, 0.15) is 22.4 Å². The maximum atomic E-state index is 12.8. The van der Waals surface area contributed by atoms with Gasteiger partial charge in [-0.1, -0.05) is 41.6 Å². The van der Waals surface area contributed by atoms with Crippen molar-refractivity contribution in [1.29, 1.82) is 0 Å². The number of halogens is 1. The molecule has 0 bridgehead atoms.